The van der Waals surface area contributed by atoms with Crippen LogP contribution in [-0.4, -0.2) is 29.8 Å². The van der Waals surface area contributed by atoms with Crippen LogP contribution in [-0.2, 0) is 9.59 Å². The molecule has 25 heavy (non-hydrogen) atoms. The summed E-state index contributed by atoms with van der Waals surface area (Å²) >= 11 is 0. The number of aryl methyl sites for hydroxylation is 1. The lowest BCUT2D eigenvalue weighted by Crippen LogP contribution is -2.48. The first-order valence-corrected chi connectivity index (χ1v) is 9.75. The number of rotatable bonds is 4. The van der Waals surface area contributed by atoms with Gasteiger partial charge in [0.25, 0.3) is 0 Å². The van der Waals surface area contributed by atoms with E-state index in [0.29, 0.717) is 13.1 Å². The van der Waals surface area contributed by atoms with Gasteiger partial charge in [-0.15, -0.1) is 0 Å². The van der Waals surface area contributed by atoms with Gasteiger partial charge in [0.05, 0.1) is 12.0 Å². The predicted molar refractivity (Wildman–Crippen MR) is 99.0 cm³/mol. The first-order chi connectivity index (χ1) is 12.1. The van der Waals surface area contributed by atoms with Gasteiger partial charge < -0.3 is 10.2 Å². The molecule has 2 unspecified atom stereocenters. The lowest BCUT2D eigenvalue weighted by atomic mass is 9.86. The number of carbonyl (C=O) groups is 2. The van der Waals surface area contributed by atoms with Gasteiger partial charge in [0.1, 0.15) is 0 Å². The molecule has 1 heterocycles. The molecule has 1 aromatic carbocycles. The second-order valence-electron chi connectivity index (χ2n) is 7.57. The Labute approximate surface area is 151 Å². The first-order valence-electron chi connectivity index (χ1n) is 9.75. The van der Waals surface area contributed by atoms with Crippen molar-refractivity contribution in [2.75, 3.05) is 13.1 Å². The number of nitrogens with one attached hydrogen (secondary N) is 1. The molecule has 1 aliphatic heterocycles. The van der Waals surface area contributed by atoms with Crippen LogP contribution in [0.5, 0.6) is 0 Å². The minimum absolute atomic E-state index is 0.0774. The number of likely N-dealkylation sites (tertiary alicyclic amines) is 1. The number of carbonyl (C=O) groups excluding carboxylic acids is 2. The predicted octanol–water partition coefficient (Wildman–Crippen LogP) is 3.60. The summed E-state index contributed by atoms with van der Waals surface area (Å²) in [4.78, 5) is 27.5. The van der Waals surface area contributed by atoms with Gasteiger partial charge in [0, 0.05) is 19.0 Å². The SMILES string of the molecule is CCNC(=O)C1CCC(c2cccc(C)c2)N(C(=O)C2CCCC2)C1. The van der Waals surface area contributed by atoms with Crippen molar-refractivity contribution >= 4 is 11.8 Å². The summed E-state index contributed by atoms with van der Waals surface area (Å²) in [6.45, 7) is 5.23. The van der Waals surface area contributed by atoms with E-state index in [0.717, 1.165) is 38.5 Å². The highest BCUT2D eigenvalue weighted by Crippen LogP contribution is 2.37. The van der Waals surface area contributed by atoms with Crippen LogP contribution in [0.4, 0.5) is 0 Å². The van der Waals surface area contributed by atoms with Gasteiger partial charge >= 0.3 is 0 Å². The zero-order valence-electron chi connectivity index (χ0n) is 15.5. The molecule has 0 aromatic heterocycles. The normalized spacial score (nSPS) is 24.3. The average molecular weight is 342 g/mol. The number of benzene rings is 1. The topological polar surface area (TPSA) is 49.4 Å². The molecule has 2 aliphatic rings. The van der Waals surface area contributed by atoms with Crippen LogP contribution >= 0.6 is 0 Å². The Morgan fingerprint density at radius 3 is 2.56 bits per heavy atom. The zero-order chi connectivity index (χ0) is 17.8. The number of amides is 2. The summed E-state index contributed by atoms with van der Waals surface area (Å²) in [5.41, 5.74) is 2.43. The van der Waals surface area contributed by atoms with Crippen molar-refractivity contribution in [1.82, 2.24) is 10.2 Å². The molecule has 2 fully saturated rings. The summed E-state index contributed by atoms with van der Waals surface area (Å²) in [6, 6.07) is 8.58. The second kappa shape index (κ2) is 8.03. The van der Waals surface area contributed by atoms with Gasteiger partial charge in [-0.05, 0) is 45.1 Å². The standard InChI is InChI=1S/C21H30N2O2/c1-3-22-20(24)18-11-12-19(17-10-6-7-15(2)13-17)23(14-18)21(25)16-8-4-5-9-16/h6-7,10,13,16,18-19H,3-5,8-9,11-12,14H2,1-2H3,(H,22,24). The fourth-order valence-corrected chi connectivity index (χ4v) is 4.38. The monoisotopic (exact) mass is 342 g/mol. The van der Waals surface area contributed by atoms with Crippen LogP contribution in [0.15, 0.2) is 24.3 Å². The summed E-state index contributed by atoms with van der Waals surface area (Å²) in [7, 11) is 0. The molecule has 0 radical (unpaired) electrons. The van der Waals surface area contributed by atoms with Crippen LogP contribution < -0.4 is 5.32 Å². The van der Waals surface area contributed by atoms with E-state index in [-0.39, 0.29) is 29.7 Å². The smallest absolute Gasteiger partial charge is 0.226 e. The fraction of sp³-hybridized carbons (Fsp3) is 0.619. The molecule has 3 rings (SSSR count). The van der Waals surface area contributed by atoms with Crippen molar-refractivity contribution in [3.05, 3.63) is 35.4 Å². The van der Waals surface area contributed by atoms with E-state index in [1.807, 2.05) is 11.8 Å². The number of piperidine rings is 1. The maximum atomic E-state index is 13.2. The number of nitrogens with zero attached hydrogens (tertiary/aromatic N) is 1. The molecular weight excluding hydrogens is 312 g/mol. The van der Waals surface area contributed by atoms with Crippen LogP contribution in [0, 0.1) is 18.8 Å². The largest absolute Gasteiger partial charge is 0.356 e. The molecule has 136 valence electrons. The molecule has 0 bridgehead atoms. The van der Waals surface area contributed by atoms with Gasteiger partial charge in [-0.3, -0.25) is 9.59 Å². The lowest BCUT2D eigenvalue weighted by molar-refractivity contribution is -0.142. The van der Waals surface area contributed by atoms with Gasteiger partial charge in [0.2, 0.25) is 11.8 Å². The molecule has 4 heteroatoms. The van der Waals surface area contributed by atoms with Crippen LogP contribution in [0.3, 0.4) is 0 Å². The Morgan fingerprint density at radius 2 is 1.88 bits per heavy atom. The van der Waals surface area contributed by atoms with Crippen molar-refractivity contribution < 1.29 is 9.59 Å². The summed E-state index contributed by atoms with van der Waals surface area (Å²) in [5.74, 6) is 0.430. The van der Waals surface area contributed by atoms with E-state index in [1.54, 1.807) is 0 Å². The molecular formula is C21H30N2O2. The van der Waals surface area contributed by atoms with Crippen LogP contribution in [0.2, 0.25) is 0 Å². The van der Waals surface area contributed by atoms with E-state index in [2.05, 4.69) is 36.5 Å². The van der Waals surface area contributed by atoms with E-state index in [4.69, 9.17) is 0 Å². The Kier molecular flexibility index (Phi) is 5.77. The maximum absolute atomic E-state index is 13.2. The van der Waals surface area contributed by atoms with Crippen molar-refractivity contribution in [1.29, 1.82) is 0 Å². The molecule has 1 aromatic rings. The average Bonchev–Trinajstić information content (AvgIpc) is 3.15. The molecule has 1 saturated carbocycles. The van der Waals surface area contributed by atoms with E-state index in [1.165, 1.54) is 11.1 Å². The van der Waals surface area contributed by atoms with Crippen LogP contribution in [0.1, 0.15) is 62.6 Å². The van der Waals surface area contributed by atoms with E-state index < -0.39 is 0 Å². The maximum Gasteiger partial charge on any atom is 0.226 e. The molecule has 2 atom stereocenters. The highest BCUT2D eigenvalue weighted by atomic mass is 16.2. The Balaban J connectivity index is 1.83. The lowest BCUT2D eigenvalue weighted by Gasteiger charge is -2.41. The molecule has 0 spiro atoms. The van der Waals surface area contributed by atoms with Gasteiger partial charge in [-0.2, -0.15) is 0 Å². The highest BCUT2D eigenvalue weighted by molar-refractivity contribution is 5.83. The highest BCUT2D eigenvalue weighted by Gasteiger charge is 2.38. The van der Waals surface area contributed by atoms with Crippen molar-refractivity contribution in [2.24, 2.45) is 11.8 Å². The first kappa shape index (κ1) is 18.0. The fourth-order valence-electron chi connectivity index (χ4n) is 4.38. The summed E-state index contributed by atoms with van der Waals surface area (Å²) in [6.07, 6.45) is 6.02. The van der Waals surface area contributed by atoms with Gasteiger partial charge in [-0.25, -0.2) is 0 Å². The molecule has 1 aliphatic carbocycles. The van der Waals surface area contributed by atoms with Gasteiger partial charge in [-0.1, -0.05) is 42.7 Å². The van der Waals surface area contributed by atoms with Crippen molar-refractivity contribution in [2.45, 2.75) is 58.4 Å². The zero-order valence-corrected chi connectivity index (χ0v) is 15.5. The van der Waals surface area contributed by atoms with Crippen molar-refractivity contribution in [3.8, 4) is 0 Å². The third kappa shape index (κ3) is 4.05. The Hall–Kier alpha value is -1.84. The third-order valence-electron chi connectivity index (χ3n) is 5.72. The van der Waals surface area contributed by atoms with E-state index >= 15 is 0 Å². The van der Waals surface area contributed by atoms with Crippen molar-refractivity contribution in [3.63, 3.8) is 0 Å². The minimum Gasteiger partial charge on any atom is -0.356 e. The number of hydrogen-bond acceptors (Lipinski definition) is 2. The Morgan fingerprint density at radius 1 is 1.12 bits per heavy atom. The summed E-state index contributed by atoms with van der Waals surface area (Å²) < 4.78 is 0. The third-order valence-corrected chi connectivity index (χ3v) is 5.72. The number of hydrogen-bond donors (Lipinski definition) is 1. The molecule has 1 N–H and O–H groups in total. The molecule has 1 saturated heterocycles. The van der Waals surface area contributed by atoms with Gasteiger partial charge in [0.15, 0.2) is 0 Å². The van der Waals surface area contributed by atoms with E-state index in [9.17, 15) is 9.59 Å². The van der Waals surface area contributed by atoms with Crippen LogP contribution in [0.25, 0.3) is 0 Å². The molecule has 4 nitrogen and oxygen atoms in total. The molecule has 2 amide bonds. The quantitative estimate of drug-likeness (QED) is 0.909. The summed E-state index contributed by atoms with van der Waals surface area (Å²) in [5, 5.41) is 2.93. The Bertz CT molecular complexity index is 622. The minimum atomic E-state index is -0.0774. The second-order valence-corrected chi connectivity index (χ2v) is 7.57.